The summed E-state index contributed by atoms with van der Waals surface area (Å²) in [5.41, 5.74) is 1.24. The summed E-state index contributed by atoms with van der Waals surface area (Å²) in [6.07, 6.45) is 5.10. The number of carbonyl (C=O) groups is 3. The second-order valence-electron chi connectivity index (χ2n) is 7.76. The monoisotopic (exact) mass is 405 g/mol. The molecule has 1 fully saturated rings. The molecule has 2 aliphatic rings. The molecule has 0 bridgehead atoms. The molecule has 0 saturated carbocycles. The number of likely N-dealkylation sites (tertiary alicyclic amines) is 1. The lowest BCUT2D eigenvalue weighted by atomic mass is 9.96. The zero-order valence-electron chi connectivity index (χ0n) is 16.7. The van der Waals surface area contributed by atoms with Gasteiger partial charge in [-0.1, -0.05) is 13.3 Å². The van der Waals surface area contributed by atoms with Crippen LogP contribution in [-0.4, -0.2) is 53.7 Å². The van der Waals surface area contributed by atoms with E-state index in [1.807, 2.05) is 4.90 Å². The van der Waals surface area contributed by atoms with Crippen molar-refractivity contribution in [2.24, 2.45) is 5.92 Å². The van der Waals surface area contributed by atoms with Crippen LogP contribution in [0.1, 0.15) is 55.9 Å². The maximum Gasteiger partial charge on any atom is 0.224 e. The maximum absolute atomic E-state index is 12.6. The number of rotatable bonds is 7. The SMILES string of the molecule is CCCCNC(=O)C1CCCN(C(=O)CCC(=O)N2CCc3sccc3C2)C1. The van der Waals surface area contributed by atoms with E-state index in [2.05, 4.69) is 23.7 Å². The van der Waals surface area contributed by atoms with Crippen LogP contribution in [0.5, 0.6) is 0 Å². The van der Waals surface area contributed by atoms with Crippen LogP contribution in [0.4, 0.5) is 0 Å². The van der Waals surface area contributed by atoms with E-state index in [-0.39, 0.29) is 36.5 Å². The van der Waals surface area contributed by atoms with Crippen molar-refractivity contribution >= 4 is 29.1 Å². The molecule has 154 valence electrons. The molecule has 1 aromatic rings. The average molecular weight is 406 g/mol. The van der Waals surface area contributed by atoms with Crippen molar-refractivity contribution in [3.05, 3.63) is 21.9 Å². The maximum atomic E-state index is 12.6. The van der Waals surface area contributed by atoms with Crippen molar-refractivity contribution in [1.29, 1.82) is 0 Å². The molecular formula is C21H31N3O3S. The van der Waals surface area contributed by atoms with E-state index in [1.54, 1.807) is 16.2 Å². The number of nitrogens with zero attached hydrogens (tertiary/aromatic N) is 2. The van der Waals surface area contributed by atoms with Crippen LogP contribution in [0, 0.1) is 5.92 Å². The molecular weight excluding hydrogens is 374 g/mol. The predicted octanol–water partition coefficient (Wildman–Crippen LogP) is 2.57. The number of carbonyl (C=O) groups excluding carboxylic acids is 3. The number of piperidine rings is 1. The normalized spacial score (nSPS) is 19.2. The van der Waals surface area contributed by atoms with Gasteiger partial charge in [0.25, 0.3) is 0 Å². The fourth-order valence-corrected chi connectivity index (χ4v) is 4.83. The number of hydrogen-bond acceptors (Lipinski definition) is 4. The van der Waals surface area contributed by atoms with E-state index in [0.717, 1.165) is 38.6 Å². The van der Waals surface area contributed by atoms with Crippen molar-refractivity contribution < 1.29 is 14.4 Å². The van der Waals surface area contributed by atoms with E-state index in [4.69, 9.17) is 0 Å². The van der Waals surface area contributed by atoms with E-state index < -0.39 is 0 Å². The number of amides is 3. The summed E-state index contributed by atoms with van der Waals surface area (Å²) in [6, 6.07) is 2.09. The van der Waals surface area contributed by atoms with Gasteiger partial charge in [-0.25, -0.2) is 0 Å². The molecule has 0 spiro atoms. The van der Waals surface area contributed by atoms with Gasteiger partial charge < -0.3 is 15.1 Å². The van der Waals surface area contributed by atoms with E-state index >= 15 is 0 Å². The predicted molar refractivity (Wildman–Crippen MR) is 110 cm³/mol. The second-order valence-corrected chi connectivity index (χ2v) is 8.76. The molecule has 6 nitrogen and oxygen atoms in total. The Morgan fingerprint density at radius 3 is 2.75 bits per heavy atom. The number of nitrogens with one attached hydrogen (secondary N) is 1. The molecule has 1 N–H and O–H groups in total. The van der Waals surface area contributed by atoms with Crippen molar-refractivity contribution in [1.82, 2.24) is 15.1 Å². The first-order valence-electron chi connectivity index (χ1n) is 10.5. The second kappa shape index (κ2) is 10.0. The molecule has 3 amide bonds. The summed E-state index contributed by atoms with van der Waals surface area (Å²) in [7, 11) is 0. The minimum atomic E-state index is -0.121. The third-order valence-corrected chi connectivity index (χ3v) is 6.71. The highest BCUT2D eigenvalue weighted by atomic mass is 32.1. The van der Waals surface area contributed by atoms with Crippen molar-refractivity contribution in [2.45, 2.75) is 58.4 Å². The van der Waals surface area contributed by atoms with Gasteiger partial charge in [-0.15, -0.1) is 11.3 Å². The van der Waals surface area contributed by atoms with Crippen LogP contribution < -0.4 is 5.32 Å². The van der Waals surface area contributed by atoms with Crippen LogP contribution in [0.2, 0.25) is 0 Å². The van der Waals surface area contributed by atoms with Crippen LogP contribution in [0.25, 0.3) is 0 Å². The Morgan fingerprint density at radius 2 is 1.96 bits per heavy atom. The third kappa shape index (κ3) is 5.34. The quantitative estimate of drug-likeness (QED) is 0.709. The highest BCUT2D eigenvalue weighted by Gasteiger charge is 2.29. The van der Waals surface area contributed by atoms with E-state index in [0.29, 0.717) is 26.2 Å². The molecule has 28 heavy (non-hydrogen) atoms. The van der Waals surface area contributed by atoms with Crippen molar-refractivity contribution in [3.8, 4) is 0 Å². The number of unbranched alkanes of at least 4 members (excludes halogenated alkanes) is 1. The molecule has 0 aliphatic carbocycles. The smallest absolute Gasteiger partial charge is 0.224 e. The van der Waals surface area contributed by atoms with Gasteiger partial charge in [0.05, 0.1) is 5.92 Å². The fraction of sp³-hybridized carbons (Fsp3) is 0.667. The van der Waals surface area contributed by atoms with Crippen LogP contribution in [0.3, 0.4) is 0 Å². The molecule has 3 heterocycles. The lowest BCUT2D eigenvalue weighted by Crippen LogP contribution is -2.46. The van der Waals surface area contributed by atoms with Gasteiger partial charge in [0, 0.05) is 50.4 Å². The molecule has 1 aromatic heterocycles. The highest BCUT2D eigenvalue weighted by molar-refractivity contribution is 7.10. The Balaban J connectivity index is 1.43. The molecule has 1 saturated heterocycles. The summed E-state index contributed by atoms with van der Waals surface area (Å²) in [4.78, 5) is 42.4. The van der Waals surface area contributed by atoms with Crippen molar-refractivity contribution in [3.63, 3.8) is 0 Å². The summed E-state index contributed by atoms with van der Waals surface area (Å²) >= 11 is 1.75. The first-order valence-corrected chi connectivity index (χ1v) is 11.3. The minimum absolute atomic E-state index is 0.00681. The van der Waals surface area contributed by atoms with Gasteiger partial charge in [-0.2, -0.15) is 0 Å². The number of thiophene rings is 1. The first-order chi connectivity index (χ1) is 13.6. The molecule has 1 unspecified atom stereocenters. The molecule has 3 rings (SSSR count). The topological polar surface area (TPSA) is 69.7 Å². The first kappa shape index (κ1) is 20.8. The van der Waals surface area contributed by atoms with Crippen LogP contribution >= 0.6 is 11.3 Å². The van der Waals surface area contributed by atoms with Gasteiger partial charge in [0.1, 0.15) is 0 Å². The van der Waals surface area contributed by atoms with E-state index in [1.165, 1.54) is 10.4 Å². The standard InChI is InChI=1S/C21H31N3O3S/c1-2-3-10-22-21(27)17-5-4-11-23(15-17)19(25)6-7-20(26)24-12-8-18-16(14-24)9-13-28-18/h9,13,17H,2-8,10-12,14-15H2,1H3,(H,22,27). The molecule has 1 atom stereocenters. The van der Waals surface area contributed by atoms with Crippen LogP contribution in [-0.2, 0) is 27.3 Å². The van der Waals surface area contributed by atoms with Gasteiger partial charge in [-0.05, 0) is 42.7 Å². The Kier molecular flexibility index (Phi) is 7.48. The van der Waals surface area contributed by atoms with Gasteiger partial charge in [0.2, 0.25) is 17.7 Å². The molecule has 0 radical (unpaired) electrons. The Labute approximate surface area is 171 Å². The summed E-state index contributed by atoms with van der Waals surface area (Å²) < 4.78 is 0. The molecule has 2 aliphatic heterocycles. The Morgan fingerprint density at radius 1 is 1.18 bits per heavy atom. The van der Waals surface area contributed by atoms with Gasteiger partial charge in [-0.3, -0.25) is 14.4 Å². The highest BCUT2D eigenvalue weighted by Crippen LogP contribution is 2.24. The van der Waals surface area contributed by atoms with Gasteiger partial charge >= 0.3 is 0 Å². The van der Waals surface area contributed by atoms with Crippen LogP contribution in [0.15, 0.2) is 11.4 Å². The number of fused-ring (bicyclic) bond motifs is 1. The summed E-state index contributed by atoms with van der Waals surface area (Å²) in [6.45, 7) is 5.37. The lowest BCUT2D eigenvalue weighted by Gasteiger charge is -2.32. The van der Waals surface area contributed by atoms with E-state index in [9.17, 15) is 14.4 Å². The zero-order valence-corrected chi connectivity index (χ0v) is 17.6. The molecule has 0 aromatic carbocycles. The number of hydrogen-bond donors (Lipinski definition) is 1. The zero-order chi connectivity index (χ0) is 19.9. The lowest BCUT2D eigenvalue weighted by molar-refractivity contribution is -0.139. The minimum Gasteiger partial charge on any atom is -0.356 e. The third-order valence-electron chi connectivity index (χ3n) is 5.69. The summed E-state index contributed by atoms with van der Waals surface area (Å²) in [5, 5.41) is 5.05. The Hall–Kier alpha value is -1.89. The fourth-order valence-electron chi connectivity index (χ4n) is 3.94. The summed E-state index contributed by atoms with van der Waals surface area (Å²) in [5.74, 6) is -0.0185. The van der Waals surface area contributed by atoms with Gasteiger partial charge in [0.15, 0.2) is 0 Å². The largest absolute Gasteiger partial charge is 0.356 e. The van der Waals surface area contributed by atoms with Crippen molar-refractivity contribution in [2.75, 3.05) is 26.2 Å². The molecule has 7 heteroatoms. The average Bonchev–Trinajstić information content (AvgIpc) is 3.19. The Bertz CT molecular complexity index is 703.